The number of aryl methyl sites for hydroxylation is 3. The highest BCUT2D eigenvalue weighted by Gasteiger charge is 2.34. The Bertz CT molecular complexity index is 1350. The molecule has 3 amide bonds. The van der Waals surface area contributed by atoms with Crippen LogP contribution < -0.4 is 14.8 Å². The highest BCUT2D eigenvalue weighted by Crippen LogP contribution is 2.32. The predicted molar refractivity (Wildman–Crippen MR) is 146 cm³/mol. The minimum absolute atomic E-state index is 0.158. The molecule has 0 saturated carbocycles. The second-order valence-corrected chi connectivity index (χ2v) is 9.72. The second kappa shape index (κ2) is 11.8. The molecule has 1 aliphatic heterocycles. The summed E-state index contributed by atoms with van der Waals surface area (Å²) >= 11 is 0.891. The van der Waals surface area contributed by atoms with Crippen LogP contribution in [0.25, 0.3) is 6.08 Å². The first-order valence-electron chi connectivity index (χ1n) is 11.8. The number of nitrogens with one attached hydrogen (secondary N) is 1. The van der Waals surface area contributed by atoms with E-state index in [0.29, 0.717) is 22.0 Å². The summed E-state index contributed by atoms with van der Waals surface area (Å²) in [5.41, 5.74) is 4.66. The van der Waals surface area contributed by atoms with Crippen molar-refractivity contribution in [3.8, 4) is 11.5 Å². The molecule has 0 aliphatic carbocycles. The van der Waals surface area contributed by atoms with Crippen LogP contribution in [0.3, 0.4) is 0 Å². The van der Waals surface area contributed by atoms with Crippen LogP contribution in [0, 0.1) is 20.8 Å². The SMILES string of the molecule is Cc1ccc(OCCN2C(=O)S/C(=C\c3cccc(OCC(=O)Nc4ccc(C)cc4C)c3)C2=O)cc1. The van der Waals surface area contributed by atoms with Crippen LogP contribution in [0.15, 0.2) is 71.6 Å². The number of benzene rings is 3. The maximum absolute atomic E-state index is 12.8. The zero-order valence-corrected chi connectivity index (χ0v) is 21.8. The third kappa shape index (κ3) is 7.01. The van der Waals surface area contributed by atoms with Gasteiger partial charge in [0, 0.05) is 5.69 Å². The predicted octanol–water partition coefficient (Wildman–Crippen LogP) is 5.74. The Hall–Kier alpha value is -4.04. The quantitative estimate of drug-likeness (QED) is 0.365. The van der Waals surface area contributed by atoms with Crippen LogP contribution in [0.2, 0.25) is 0 Å². The highest BCUT2D eigenvalue weighted by molar-refractivity contribution is 8.18. The molecule has 1 heterocycles. The van der Waals surface area contributed by atoms with Crippen molar-refractivity contribution in [2.45, 2.75) is 20.8 Å². The van der Waals surface area contributed by atoms with Gasteiger partial charge in [-0.05, 0) is 80.1 Å². The van der Waals surface area contributed by atoms with Gasteiger partial charge in [0.25, 0.3) is 17.1 Å². The van der Waals surface area contributed by atoms with E-state index >= 15 is 0 Å². The molecule has 0 aromatic heterocycles. The van der Waals surface area contributed by atoms with Crippen molar-refractivity contribution in [3.63, 3.8) is 0 Å². The smallest absolute Gasteiger partial charge is 0.293 e. The van der Waals surface area contributed by atoms with Gasteiger partial charge in [-0.1, -0.05) is 47.5 Å². The normalized spacial score (nSPS) is 14.2. The summed E-state index contributed by atoms with van der Waals surface area (Å²) in [6.45, 7) is 6.13. The average Bonchev–Trinajstić information content (AvgIpc) is 3.13. The summed E-state index contributed by atoms with van der Waals surface area (Å²) in [6.07, 6.45) is 1.65. The van der Waals surface area contributed by atoms with E-state index in [1.54, 1.807) is 30.3 Å². The number of anilines is 1. The van der Waals surface area contributed by atoms with Gasteiger partial charge in [-0.15, -0.1) is 0 Å². The van der Waals surface area contributed by atoms with Gasteiger partial charge in [-0.2, -0.15) is 0 Å². The van der Waals surface area contributed by atoms with Crippen LogP contribution in [-0.4, -0.2) is 41.7 Å². The van der Waals surface area contributed by atoms with Crippen molar-refractivity contribution in [2.24, 2.45) is 0 Å². The van der Waals surface area contributed by atoms with Gasteiger partial charge in [-0.3, -0.25) is 19.3 Å². The molecular weight excluding hydrogens is 488 g/mol. The molecule has 1 aliphatic rings. The molecule has 4 rings (SSSR count). The Morgan fingerprint density at radius 2 is 1.68 bits per heavy atom. The Balaban J connectivity index is 1.32. The lowest BCUT2D eigenvalue weighted by molar-refractivity contribution is -0.123. The van der Waals surface area contributed by atoms with Crippen molar-refractivity contribution in [3.05, 3.63) is 93.9 Å². The molecule has 0 atom stereocenters. The zero-order chi connectivity index (χ0) is 26.4. The third-order valence-electron chi connectivity index (χ3n) is 5.66. The number of thioether (sulfide) groups is 1. The molecular formula is C29H28N2O5S. The van der Waals surface area contributed by atoms with Gasteiger partial charge in [-0.25, -0.2) is 0 Å². The minimum atomic E-state index is -0.360. The Kier molecular flexibility index (Phi) is 8.30. The maximum atomic E-state index is 12.8. The second-order valence-electron chi connectivity index (χ2n) is 8.72. The van der Waals surface area contributed by atoms with Gasteiger partial charge < -0.3 is 14.8 Å². The maximum Gasteiger partial charge on any atom is 0.293 e. The van der Waals surface area contributed by atoms with Crippen molar-refractivity contribution >= 4 is 40.6 Å². The molecule has 8 heteroatoms. The Labute approximate surface area is 220 Å². The molecule has 0 unspecified atom stereocenters. The summed E-state index contributed by atoms with van der Waals surface area (Å²) in [5, 5.41) is 2.51. The third-order valence-corrected chi connectivity index (χ3v) is 6.57. The number of carbonyl (C=O) groups is 3. The molecule has 7 nitrogen and oxygen atoms in total. The summed E-state index contributed by atoms with van der Waals surface area (Å²) < 4.78 is 11.3. The van der Waals surface area contributed by atoms with Crippen LogP contribution in [0.1, 0.15) is 22.3 Å². The van der Waals surface area contributed by atoms with Crippen molar-refractivity contribution < 1.29 is 23.9 Å². The lowest BCUT2D eigenvalue weighted by atomic mass is 10.1. The lowest BCUT2D eigenvalue weighted by Gasteiger charge is -2.13. The van der Waals surface area contributed by atoms with Crippen LogP contribution >= 0.6 is 11.8 Å². The first-order valence-corrected chi connectivity index (χ1v) is 12.6. The van der Waals surface area contributed by atoms with Gasteiger partial charge in [0.15, 0.2) is 6.61 Å². The lowest BCUT2D eigenvalue weighted by Crippen LogP contribution is -2.32. The molecule has 0 spiro atoms. The number of amides is 3. The van der Waals surface area contributed by atoms with Crippen LogP contribution in [-0.2, 0) is 9.59 Å². The minimum Gasteiger partial charge on any atom is -0.492 e. The molecule has 3 aromatic carbocycles. The van der Waals surface area contributed by atoms with E-state index in [0.717, 1.165) is 34.1 Å². The molecule has 0 radical (unpaired) electrons. The number of hydrogen-bond donors (Lipinski definition) is 1. The van der Waals surface area contributed by atoms with Crippen molar-refractivity contribution in [1.29, 1.82) is 0 Å². The first-order chi connectivity index (χ1) is 17.8. The number of nitrogens with zero attached hydrogens (tertiary/aromatic N) is 1. The van der Waals surface area contributed by atoms with Gasteiger partial charge in [0.2, 0.25) is 0 Å². The topological polar surface area (TPSA) is 84.9 Å². The van der Waals surface area contributed by atoms with E-state index in [2.05, 4.69) is 5.32 Å². The number of hydrogen-bond acceptors (Lipinski definition) is 6. The molecule has 0 bridgehead atoms. The monoisotopic (exact) mass is 516 g/mol. The van der Waals surface area contributed by atoms with Gasteiger partial charge >= 0.3 is 0 Å². The number of carbonyl (C=O) groups excluding carboxylic acids is 3. The first kappa shape index (κ1) is 26.0. The van der Waals surface area contributed by atoms with Gasteiger partial charge in [0.1, 0.15) is 18.1 Å². The summed E-state index contributed by atoms with van der Waals surface area (Å²) in [7, 11) is 0. The van der Waals surface area contributed by atoms with E-state index in [9.17, 15) is 14.4 Å². The van der Waals surface area contributed by atoms with Crippen molar-refractivity contribution in [1.82, 2.24) is 4.90 Å². The molecule has 1 saturated heterocycles. The van der Waals surface area contributed by atoms with E-state index < -0.39 is 0 Å². The van der Waals surface area contributed by atoms with E-state index in [-0.39, 0.29) is 36.8 Å². The number of imide groups is 1. The molecule has 3 aromatic rings. The Morgan fingerprint density at radius 1 is 0.919 bits per heavy atom. The summed E-state index contributed by atoms with van der Waals surface area (Å²) in [6, 6.07) is 20.4. The van der Waals surface area contributed by atoms with E-state index in [1.807, 2.05) is 63.2 Å². The molecule has 1 N–H and O–H groups in total. The number of ether oxygens (including phenoxy) is 2. The van der Waals surface area contributed by atoms with Crippen LogP contribution in [0.5, 0.6) is 11.5 Å². The fourth-order valence-corrected chi connectivity index (χ4v) is 4.58. The summed E-state index contributed by atoms with van der Waals surface area (Å²) in [5.74, 6) is 0.538. The largest absolute Gasteiger partial charge is 0.492 e. The Morgan fingerprint density at radius 3 is 2.43 bits per heavy atom. The van der Waals surface area contributed by atoms with E-state index in [4.69, 9.17) is 9.47 Å². The van der Waals surface area contributed by atoms with Gasteiger partial charge in [0.05, 0.1) is 11.4 Å². The van der Waals surface area contributed by atoms with E-state index in [1.165, 1.54) is 4.90 Å². The molecule has 37 heavy (non-hydrogen) atoms. The van der Waals surface area contributed by atoms with Crippen LogP contribution in [0.4, 0.5) is 10.5 Å². The molecule has 190 valence electrons. The standard InChI is InChI=1S/C29H28N2O5S/c1-19-7-10-23(11-8-19)35-14-13-31-28(33)26(37-29(31)34)17-22-5-4-6-24(16-22)36-18-27(32)30-25-12-9-20(2)15-21(25)3/h4-12,15-17H,13-14,18H2,1-3H3,(H,30,32)/b26-17-. The van der Waals surface area contributed by atoms with Crippen molar-refractivity contribution in [2.75, 3.05) is 25.1 Å². The average molecular weight is 517 g/mol. The summed E-state index contributed by atoms with van der Waals surface area (Å²) in [4.78, 5) is 39.1. The molecule has 1 fully saturated rings. The number of rotatable bonds is 9. The zero-order valence-electron chi connectivity index (χ0n) is 20.9. The fourth-order valence-electron chi connectivity index (χ4n) is 3.72. The highest BCUT2D eigenvalue weighted by atomic mass is 32.2. The fraction of sp³-hybridized carbons (Fsp3) is 0.207.